The highest BCUT2D eigenvalue weighted by Gasteiger charge is 1.29. The van der Waals surface area contributed by atoms with Gasteiger partial charge in [0, 0.05) is 6.67 Å². The van der Waals surface area contributed by atoms with Gasteiger partial charge >= 0.3 is 0 Å². The first-order chi connectivity index (χ1) is 1.41. The molecule has 0 radical (unpaired) electrons. The van der Waals surface area contributed by atoms with E-state index in [9.17, 15) is 0 Å². The fraction of sp³-hybridized carbons (Fsp3) is 1.00. The summed E-state index contributed by atoms with van der Waals surface area (Å²) >= 11 is 0. The summed E-state index contributed by atoms with van der Waals surface area (Å²) in [6.07, 6.45) is 0. The fourth-order valence-electron chi connectivity index (χ4n) is 0. The van der Waals surface area contributed by atoms with Crippen LogP contribution in [0.4, 0.5) is 0 Å². The Kier molecular flexibility index (Phi) is 70.2. The normalized spacial score (nSPS) is 3.60. The highest BCUT2D eigenvalue weighted by molar-refractivity contribution is 8.93. The molecule has 0 fully saturated rings. The van der Waals surface area contributed by atoms with E-state index in [4.69, 9.17) is 0 Å². The third-order valence-electron chi connectivity index (χ3n) is 0. The van der Waals surface area contributed by atoms with Crippen molar-refractivity contribution < 1.29 is 0 Å². The molecule has 0 heterocycles. The van der Waals surface area contributed by atoms with Gasteiger partial charge in [0.2, 0.25) is 0 Å². The van der Waals surface area contributed by atoms with E-state index in [1.165, 1.54) is 0 Å². The third kappa shape index (κ3) is 52.3. The van der Waals surface area contributed by atoms with Gasteiger partial charge < -0.3 is 11.5 Å². The Hall–Kier alpha value is 0.880. The van der Waals surface area contributed by atoms with Gasteiger partial charge in [-0.05, 0) is 0 Å². The summed E-state index contributed by atoms with van der Waals surface area (Å²) in [7, 11) is 0. The molecule has 0 aliphatic rings. The van der Waals surface area contributed by atoms with Gasteiger partial charge in [-0.25, -0.2) is 0 Å². The second-order valence-electron chi connectivity index (χ2n) is 0.236. The SMILES string of the molecule is Br.Br.NCN. The predicted octanol–water partition coefficient (Wildman–Crippen LogP) is 0.0171. The lowest BCUT2D eigenvalue weighted by molar-refractivity contribution is 1.07. The maximum atomic E-state index is 4.62. The summed E-state index contributed by atoms with van der Waals surface area (Å²) in [5, 5.41) is 0. The van der Waals surface area contributed by atoms with Crippen LogP contribution in [0, 0.1) is 0 Å². The summed E-state index contributed by atoms with van der Waals surface area (Å²) in [6.45, 7) is 0.250. The predicted molar refractivity (Wildman–Crippen MR) is 33.9 cm³/mol. The lowest BCUT2D eigenvalue weighted by atomic mass is 11.3. The van der Waals surface area contributed by atoms with Crippen LogP contribution in [0.2, 0.25) is 0 Å². The Labute approximate surface area is 52.4 Å². The largest absolute Gasteiger partial charge is 0.319 e. The smallest absolute Gasteiger partial charge is 0.0403 e. The summed E-state index contributed by atoms with van der Waals surface area (Å²) < 4.78 is 0. The highest BCUT2D eigenvalue weighted by atomic mass is 79.9. The molecule has 0 bridgehead atoms. The lowest BCUT2D eigenvalue weighted by Crippen LogP contribution is -2.08. The summed E-state index contributed by atoms with van der Waals surface area (Å²) in [6, 6.07) is 0. The minimum absolute atomic E-state index is 0. The molecule has 0 unspecified atom stereocenters. The van der Waals surface area contributed by atoms with Crippen LogP contribution < -0.4 is 11.5 Å². The number of rotatable bonds is 0. The molecular weight excluding hydrogens is 200 g/mol. The van der Waals surface area contributed by atoms with Crippen molar-refractivity contribution in [2.45, 2.75) is 0 Å². The fourth-order valence-corrected chi connectivity index (χ4v) is 0. The zero-order chi connectivity index (χ0) is 2.71. The van der Waals surface area contributed by atoms with Crippen molar-refractivity contribution in [3.8, 4) is 0 Å². The molecule has 5 heavy (non-hydrogen) atoms. The number of hydrogen-bond donors (Lipinski definition) is 2. The molecule has 0 saturated heterocycles. The van der Waals surface area contributed by atoms with Gasteiger partial charge in [-0.2, -0.15) is 0 Å². The van der Waals surface area contributed by atoms with E-state index in [1.807, 2.05) is 0 Å². The van der Waals surface area contributed by atoms with E-state index in [1.54, 1.807) is 0 Å². The van der Waals surface area contributed by atoms with Crippen molar-refractivity contribution in [1.29, 1.82) is 0 Å². The van der Waals surface area contributed by atoms with Crippen LogP contribution in [-0.2, 0) is 0 Å². The highest BCUT2D eigenvalue weighted by Crippen LogP contribution is 0.861. The zero-order valence-electron chi connectivity index (χ0n) is 2.68. The molecule has 0 aromatic heterocycles. The number of halogens is 2. The van der Waals surface area contributed by atoms with Crippen molar-refractivity contribution in [2.24, 2.45) is 11.5 Å². The first-order valence-corrected chi connectivity index (χ1v) is 0.816. The van der Waals surface area contributed by atoms with Crippen LogP contribution >= 0.6 is 34.0 Å². The lowest BCUT2D eigenvalue weighted by Gasteiger charge is -1.56. The van der Waals surface area contributed by atoms with Gasteiger partial charge in [0.05, 0.1) is 0 Å². The van der Waals surface area contributed by atoms with Gasteiger partial charge in [0.25, 0.3) is 0 Å². The number of hydrogen-bond acceptors (Lipinski definition) is 2. The van der Waals surface area contributed by atoms with E-state index in [0.717, 1.165) is 0 Å². The Bertz CT molecular complexity index is 7.61. The summed E-state index contributed by atoms with van der Waals surface area (Å²) in [4.78, 5) is 0. The molecule has 0 aromatic rings. The van der Waals surface area contributed by atoms with Gasteiger partial charge in [0.1, 0.15) is 0 Å². The maximum Gasteiger partial charge on any atom is 0.0403 e. The van der Waals surface area contributed by atoms with Crippen molar-refractivity contribution in [2.75, 3.05) is 6.67 Å². The number of nitrogens with two attached hydrogens (primary N) is 2. The molecule has 0 spiro atoms. The zero-order valence-corrected chi connectivity index (χ0v) is 6.10. The summed E-state index contributed by atoms with van der Waals surface area (Å²) in [5.74, 6) is 0. The first kappa shape index (κ1) is 16.9. The molecule has 4 N–H and O–H groups in total. The molecule has 0 rings (SSSR count). The first-order valence-electron chi connectivity index (χ1n) is 0.816. The van der Waals surface area contributed by atoms with Crippen molar-refractivity contribution >= 4 is 34.0 Å². The molecular formula is CH8Br2N2. The Morgan fingerprint density at radius 1 is 1.00 bits per heavy atom. The van der Waals surface area contributed by atoms with Crippen LogP contribution in [0.5, 0.6) is 0 Å². The Morgan fingerprint density at radius 2 is 1.00 bits per heavy atom. The van der Waals surface area contributed by atoms with Crippen molar-refractivity contribution in [1.82, 2.24) is 0 Å². The quantitative estimate of drug-likeness (QED) is 0.551. The van der Waals surface area contributed by atoms with Gasteiger partial charge in [-0.3, -0.25) is 0 Å². The van der Waals surface area contributed by atoms with E-state index >= 15 is 0 Å². The van der Waals surface area contributed by atoms with Crippen LogP contribution in [0.1, 0.15) is 0 Å². The molecule has 0 aromatic carbocycles. The van der Waals surface area contributed by atoms with E-state index in [-0.39, 0.29) is 40.6 Å². The van der Waals surface area contributed by atoms with Crippen LogP contribution in [0.15, 0.2) is 0 Å². The molecule has 0 amide bonds. The Morgan fingerprint density at radius 3 is 1.00 bits per heavy atom. The van der Waals surface area contributed by atoms with Crippen molar-refractivity contribution in [3.05, 3.63) is 0 Å². The minimum Gasteiger partial charge on any atom is -0.319 e. The van der Waals surface area contributed by atoms with Gasteiger partial charge in [0.15, 0.2) is 0 Å². The second kappa shape index (κ2) is 20.8. The molecule has 2 nitrogen and oxygen atoms in total. The molecule has 0 aliphatic carbocycles. The monoisotopic (exact) mass is 206 g/mol. The van der Waals surface area contributed by atoms with Crippen LogP contribution in [-0.4, -0.2) is 6.67 Å². The third-order valence-corrected chi connectivity index (χ3v) is 0. The molecule has 0 aliphatic heterocycles. The van der Waals surface area contributed by atoms with E-state index in [2.05, 4.69) is 11.5 Å². The molecule has 36 valence electrons. The average Bonchev–Trinajstić information content (AvgIpc) is 0.918. The van der Waals surface area contributed by atoms with Gasteiger partial charge in [-0.1, -0.05) is 0 Å². The average molecular weight is 208 g/mol. The molecule has 4 heteroatoms. The topological polar surface area (TPSA) is 52.0 Å². The van der Waals surface area contributed by atoms with E-state index < -0.39 is 0 Å². The summed E-state index contributed by atoms with van der Waals surface area (Å²) in [5.41, 5.74) is 9.25. The standard InChI is InChI=1S/CH6N2.2BrH/c2-1-3;;/h1-3H2;2*1H. The van der Waals surface area contributed by atoms with Crippen LogP contribution in [0.3, 0.4) is 0 Å². The van der Waals surface area contributed by atoms with Crippen molar-refractivity contribution in [3.63, 3.8) is 0 Å². The van der Waals surface area contributed by atoms with E-state index in [0.29, 0.717) is 0 Å². The van der Waals surface area contributed by atoms with Gasteiger partial charge in [-0.15, -0.1) is 34.0 Å². The molecule has 0 saturated carbocycles. The molecule has 0 atom stereocenters. The Balaban J connectivity index is -0.0000000200. The van der Waals surface area contributed by atoms with Crippen LogP contribution in [0.25, 0.3) is 0 Å². The maximum absolute atomic E-state index is 4.62. The minimum atomic E-state index is 0. The second-order valence-corrected chi connectivity index (χ2v) is 0.236.